The van der Waals surface area contributed by atoms with Crippen LogP contribution < -0.4 is 10.1 Å². The van der Waals surface area contributed by atoms with E-state index >= 15 is 0 Å². The van der Waals surface area contributed by atoms with Crippen LogP contribution in [0.1, 0.15) is 32.4 Å². The molecule has 114 valence electrons. The second kappa shape index (κ2) is 8.62. The van der Waals surface area contributed by atoms with Crippen molar-refractivity contribution in [3.63, 3.8) is 0 Å². The van der Waals surface area contributed by atoms with Crippen LogP contribution in [0.4, 0.5) is 0 Å². The molecule has 5 heteroatoms. The van der Waals surface area contributed by atoms with Crippen LogP contribution in [-0.2, 0) is 4.74 Å². The fraction of sp³-hybridized carbons (Fsp3) is 0.600. The van der Waals surface area contributed by atoms with Gasteiger partial charge in [0.05, 0.1) is 30.4 Å². The van der Waals surface area contributed by atoms with Crippen molar-refractivity contribution in [3.05, 3.63) is 28.2 Å². The van der Waals surface area contributed by atoms with Crippen LogP contribution in [0, 0.1) is 0 Å². The predicted molar refractivity (Wildman–Crippen MR) is 84.2 cm³/mol. The normalized spacial score (nSPS) is 14.3. The van der Waals surface area contributed by atoms with Gasteiger partial charge in [-0.25, -0.2) is 0 Å². The van der Waals surface area contributed by atoms with E-state index in [1.165, 1.54) is 0 Å². The summed E-state index contributed by atoms with van der Waals surface area (Å²) in [7, 11) is 1.65. The van der Waals surface area contributed by atoms with Crippen molar-refractivity contribution in [2.45, 2.75) is 39.0 Å². The third-order valence-electron chi connectivity index (χ3n) is 2.96. The van der Waals surface area contributed by atoms with Gasteiger partial charge in [-0.3, -0.25) is 0 Å². The molecule has 0 saturated carbocycles. The number of aliphatic hydroxyl groups excluding tert-OH is 1. The van der Waals surface area contributed by atoms with Gasteiger partial charge in [-0.1, -0.05) is 6.07 Å². The summed E-state index contributed by atoms with van der Waals surface area (Å²) in [6.45, 7) is 6.82. The Labute approximate surface area is 129 Å². The molecule has 0 aromatic heterocycles. The minimum atomic E-state index is -0.499. The highest BCUT2D eigenvalue weighted by atomic mass is 79.9. The molecule has 1 rings (SSSR count). The van der Waals surface area contributed by atoms with Crippen LogP contribution >= 0.6 is 15.9 Å². The number of hydrogen-bond acceptors (Lipinski definition) is 4. The number of hydrogen-bond donors (Lipinski definition) is 2. The highest BCUT2D eigenvalue weighted by Gasteiger charge is 2.11. The lowest BCUT2D eigenvalue weighted by Gasteiger charge is -2.19. The SMILES string of the molecule is COc1ccc(C(C)NCC(O)COC(C)C)cc1Br. The van der Waals surface area contributed by atoms with Crippen molar-refractivity contribution in [1.29, 1.82) is 0 Å². The quantitative estimate of drug-likeness (QED) is 0.760. The molecule has 0 aliphatic carbocycles. The highest BCUT2D eigenvalue weighted by Crippen LogP contribution is 2.27. The Morgan fingerprint density at radius 1 is 1.30 bits per heavy atom. The van der Waals surface area contributed by atoms with Gasteiger partial charge in [0, 0.05) is 12.6 Å². The molecule has 0 spiro atoms. The van der Waals surface area contributed by atoms with E-state index in [4.69, 9.17) is 9.47 Å². The second-order valence-electron chi connectivity index (χ2n) is 5.06. The summed E-state index contributed by atoms with van der Waals surface area (Å²) in [4.78, 5) is 0. The smallest absolute Gasteiger partial charge is 0.133 e. The van der Waals surface area contributed by atoms with Gasteiger partial charge in [-0.2, -0.15) is 0 Å². The fourth-order valence-corrected chi connectivity index (χ4v) is 2.30. The van der Waals surface area contributed by atoms with Crippen LogP contribution in [0.2, 0.25) is 0 Å². The molecule has 0 saturated heterocycles. The minimum Gasteiger partial charge on any atom is -0.496 e. The maximum atomic E-state index is 9.81. The Balaban J connectivity index is 2.46. The first-order valence-electron chi connectivity index (χ1n) is 6.80. The Bertz CT molecular complexity index is 412. The molecule has 0 heterocycles. The summed E-state index contributed by atoms with van der Waals surface area (Å²) >= 11 is 3.47. The number of halogens is 1. The molecule has 20 heavy (non-hydrogen) atoms. The van der Waals surface area contributed by atoms with Gasteiger partial charge in [0.25, 0.3) is 0 Å². The first-order chi connectivity index (χ1) is 9.43. The number of methoxy groups -OCH3 is 1. The number of aliphatic hydroxyl groups is 1. The number of ether oxygens (including phenoxy) is 2. The lowest BCUT2D eigenvalue weighted by Crippen LogP contribution is -2.32. The van der Waals surface area contributed by atoms with Crippen molar-refractivity contribution >= 4 is 15.9 Å². The largest absolute Gasteiger partial charge is 0.496 e. The van der Waals surface area contributed by atoms with Gasteiger partial charge >= 0.3 is 0 Å². The third-order valence-corrected chi connectivity index (χ3v) is 3.58. The summed E-state index contributed by atoms with van der Waals surface area (Å²) in [5.41, 5.74) is 1.13. The van der Waals surface area contributed by atoms with Crippen molar-refractivity contribution in [3.8, 4) is 5.75 Å². The maximum Gasteiger partial charge on any atom is 0.133 e. The molecule has 2 unspecified atom stereocenters. The van der Waals surface area contributed by atoms with E-state index in [9.17, 15) is 5.11 Å². The van der Waals surface area contributed by atoms with Crippen LogP contribution in [0.3, 0.4) is 0 Å². The molecule has 0 fully saturated rings. The predicted octanol–water partition coefficient (Wildman–Crippen LogP) is 2.89. The molecular weight excluding hydrogens is 322 g/mol. The van der Waals surface area contributed by atoms with E-state index in [-0.39, 0.29) is 12.1 Å². The number of nitrogens with one attached hydrogen (secondary N) is 1. The molecule has 4 nitrogen and oxygen atoms in total. The summed E-state index contributed by atoms with van der Waals surface area (Å²) < 4.78 is 11.5. The number of rotatable bonds is 8. The molecule has 1 aromatic rings. The van der Waals surface area contributed by atoms with Crippen LogP contribution in [0.15, 0.2) is 22.7 Å². The van der Waals surface area contributed by atoms with E-state index < -0.39 is 6.10 Å². The second-order valence-corrected chi connectivity index (χ2v) is 5.91. The summed E-state index contributed by atoms with van der Waals surface area (Å²) in [5, 5.41) is 13.1. The summed E-state index contributed by atoms with van der Waals surface area (Å²) in [6, 6.07) is 6.10. The van der Waals surface area contributed by atoms with Crippen LogP contribution in [0.25, 0.3) is 0 Å². The van der Waals surface area contributed by atoms with Gasteiger partial charge in [0.2, 0.25) is 0 Å². The van der Waals surface area contributed by atoms with Gasteiger partial charge in [0.1, 0.15) is 5.75 Å². The zero-order valence-corrected chi connectivity index (χ0v) is 14.1. The standard InChI is InChI=1S/C15H24BrNO3/c1-10(2)20-9-13(18)8-17-11(3)12-5-6-15(19-4)14(16)7-12/h5-7,10-11,13,17-18H,8-9H2,1-4H3. The van der Waals surface area contributed by atoms with E-state index in [2.05, 4.69) is 28.2 Å². The first kappa shape index (κ1) is 17.4. The van der Waals surface area contributed by atoms with Crippen molar-refractivity contribution in [2.75, 3.05) is 20.3 Å². The molecule has 2 N–H and O–H groups in total. The number of benzene rings is 1. The summed E-state index contributed by atoms with van der Waals surface area (Å²) in [5.74, 6) is 0.811. The van der Waals surface area contributed by atoms with Crippen molar-refractivity contribution in [2.24, 2.45) is 0 Å². The molecule has 0 amide bonds. The van der Waals surface area contributed by atoms with Gasteiger partial charge in [-0.05, 0) is 54.4 Å². The molecule has 0 radical (unpaired) electrons. The molecule has 0 aliphatic heterocycles. The topological polar surface area (TPSA) is 50.7 Å². The molecule has 2 atom stereocenters. The lowest BCUT2D eigenvalue weighted by molar-refractivity contribution is 0.00560. The molecule has 0 aliphatic rings. The Hall–Kier alpha value is -0.620. The monoisotopic (exact) mass is 345 g/mol. The maximum absolute atomic E-state index is 9.81. The summed E-state index contributed by atoms with van der Waals surface area (Å²) in [6.07, 6.45) is -0.360. The van der Waals surface area contributed by atoms with Crippen molar-refractivity contribution < 1.29 is 14.6 Å². The zero-order valence-electron chi connectivity index (χ0n) is 12.5. The van der Waals surface area contributed by atoms with E-state index in [1.54, 1.807) is 7.11 Å². The highest BCUT2D eigenvalue weighted by molar-refractivity contribution is 9.10. The van der Waals surface area contributed by atoms with Gasteiger partial charge in [0.15, 0.2) is 0 Å². The lowest BCUT2D eigenvalue weighted by atomic mass is 10.1. The fourth-order valence-electron chi connectivity index (χ4n) is 1.75. The zero-order chi connectivity index (χ0) is 15.1. The van der Waals surface area contributed by atoms with Gasteiger partial charge < -0.3 is 19.9 Å². The molecule has 0 bridgehead atoms. The average molecular weight is 346 g/mol. The Kier molecular flexibility index (Phi) is 7.51. The van der Waals surface area contributed by atoms with Crippen LogP contribution in [0.5, 0.6) is 5.75 Å². The average Bonchev–Trinajstić information content (AvgIpc) is 2.42. The first-order valence-corrected chi connectivity index (χ1v) is 7.59. The van der Waals surface area contributed by atoms with Gasteiger partial charge in [-0.15, -0.1) is 0 Å². The van der Waals surface area contributed by atoms with Crippen LogP contribution in [-0.4, -0.2) is 37.6 Å². The van der Waals surface area contributed by atoms with E-state index in [0.29, 0.717) is 13.2 Å². The Morgan fingerprint density at radius 3 is 2.55 bits per heavy atom. The Morgan fingerprint density at radius 2 is 2.00 bits per heavy atom. The third kappa shape index (κ3) is 5.79. The van der Waals surface area contributed by atoms with E-state index in [1.807, 2.05) is 32.0 Å². The molecular formula is C15H24BrNO3. The van der Waals surface area contributed by atoms with Crippen molar-refractivity contribution in [1.82, 2.24) is 5.32 Å². The minimum absolute atomic E-state index is 0.139. The molecule has 1 aromatic carbocycles. The van der Waals surface area contributed by atoms with E-state index in [0.717, 1.165) is 15.8 Å².